The highest BCUT2D eigenvalue weighted by molar-refractivity contribution is 7.21. The standard InChI is InChI=1S/C14H13N3O2S/c1-8-4-5-10-11(15)12(20-14(10)17-8)13(18)16-7-9-3-2-6-19-9/h2-6H,7,15H2,1H3,(H,16,18). The molecule has 1 amide bonds. The molecule has 0 aliphatic carbocycles. The number of pyridine rings is 1. The number of nitrogens with two attached hydrogens (primary N) is 1. The van der Waals surface area contributed by atoms with Crippen LogP contribution < -0.4 is 11.1 Å². The second kappa shape index (κ2) is 4.97. The van der Waals surface area contributed by atoms with Crippen molar-refractivity contribution in [2.45, 2.75) is 13.5 Å². The second-order valence-electron chi connectivity index (χ2n) is 4.41. The van der Waals surface area contributed by atoms with E-state index in [9.17, 15) is 4.79 Å². The molecule has 0 fully saturated rings. The van der Waals surface area contributed by atoms with Crippen LogP contribution in [0.4, 0.5) is 5.69 Å². The molecular weight excluding hydrogens is 274 g/mol. The van der Waals surface area contributed by atoms with E-state index in [1.54, 1.807) is 18.4 Å². The number of hydrogen-bond acceptors (Lipinski definition) is 5. The maximum Gasteiger partial charge on any atom is 0.263 e. The van der Waals surface area contributed by atoms with Crippen molar-refractivity contribution in [1.29, 1.82) is 0 Å². The summed E-state index contributed by atoms with van der Waals surface area (Å²) < 4.78 is 5.17. The van der Waals surface area contributed by atoms with Crippen molar-refractivity contribution in [3.05, 3.63) is 46.9 Å². The number of carbonyl (C=O) groups excluding carboxylic acids is 1. The number of rotatable bonds is 3. The normalized spacial score (nSPS) is 10.8. The Morgan fingerprint density at radius 3 is 3.05 bits per heavy atom. The third kappa shape index (κ3) is 2.25. The van der Waals surface area contributed by atoms with E-state index in [0.29, 0.717) is 22.9 Å². The van der Waals surface area contributed by atoms with Crippen molar-refractivity contribution in [3.63, 3.8) is 0 Å². The highest BCUT2D eigenvalue weighted by atomic mass is 32.1. The van der Waals surface area contributed by atoms with Crippen LogP contribution in [0.25, 0.3) is 10.2 Å². The number of thiophene rings is 1. The topological polar surface area (TPSA) is 81.2 Å². The van der Waals surface area contributed by atoms with Gasteiger partial charge in [-0.2, -0.15) is 0 Å². The number of aromatic nitrogens is 1. The molecule has 3 N–H and O–H groups in total. The fourth-order valence-corrected chi connectivity index (χ4v) is 2.97. The van der Waals surface area contributed by atoms with Crippen LogP contribution >= 0.6 is 11.3 Å². The van der Waals surface area contributed by atoms with Gasteiger partial charge in [-0.05, 0) is 31.2 Å². The van der Waals surface area contributed by atoms with Gasteiger partial charge in [0.2, 0.25) is 0 Å². The first-order valence-electron chi connectivity index (χ1n) is 6.11. The highest BCUT2D eigenvalue weighted by Gasteiger charge is 2.17. The number of aryl methyl sites for hydroxylation is 1. The van der Waals surface area contributed by atoms with Crippen LogP contribution in [0.5, 0.6) is 0 Å². The minimum atomic E-state index is -0.209. The van der Waals surface area contributed by atoms with Crippen molar-refractivity contribution in [3.8, 4) is 0 Å². The Morgan fingerprint density at radius 2 is 2.30 bits per heavy atom. The van der Waals surface area contributed by atoms with Gasteiger partial charge in [0.05, 0.1) is 18.5 Å². The number of furan rings is 1. The Bertz CT molecular complexity index is 762. The summed E-state index contributed by atoms with van der Waals surface area (Å²) >= 11 is 1.30. The molecule has 3 rings (SSSR count). The van der Waals surface area contributed by atoms with Crippen molar-refractivity contribution < 1.29 is 9.21 Å². The van der Waals surface area contributed by atoms with Crippen molar-refractivity contribution in [2.24, 2.45) is 0 Å². The molecule has 6 heteroatoms. The molecule has 0 bridgehead atoms. The smallest absolute Gasteiger partial charge is 0.263 e. The summed E-state index contributed by atoms with van der Waals surface area (Å²) in [4.78, 5) is 17.8. The van der Waals surface area contributed by atoms with Crippen molar-refractivity contribution in [1.82, 2.24) is 10.3 Å². The molecule has 0 aliphatic heterocycles. The Morgan fingerprint density at radius 1 is 1.45 bits per heavy atom. The summed E-state index contributed by atoms with van der Waals surface area (Å²) in [6.07, 6.45) is 1.57. The second-order valence-corrected chi connectivity index (χ2v) is 5.41. The SMILES string of the molecule is Cc1ccc2c(N)c(C(=O)NCc3ccco3)sc2n1. The van der Waals surface area contributed by atoms with E-state index in [1.807, 2.05) is 19.1 Å². The number of anilines is 1. The van der Waals surface area contributed by atoms with Crippen LogP contribution in [0.1, 0.15) is 21.1 Å². The Kier molecular flexibility index (Phi) is 3.15. The lowest BCUT2D eigenvalue weighted by Crippen LogP contribution is -2.22. The summed E-state index contributed by atoms with van der Waals surface area (Å²) in [5, 5.41) is 3.61. The van der Waals surface area contributed by atoms with E-state index in [0.717, 1.165) is 15.9 Å². The Labute approximate surface area is 119 Å². The van der Waals surface area contributed by atoms with Gasteiger partial charge in [-0.15, -0.1) is 11.3 Å². The van der Waals surface area contributed by atoms with Gasteiger partial charge in [0, 0.05) is 11.1 Å². The molecule has 0 spiro atoms. The summed E-state index contributed by atoms with van der Waals surface area (Å²) in [5.74, 6) is 0.492. The third-order valence-electron chi connectivity index (χ3n) is 2.94. The summed E-state index contributed by atoms with van der Waals surface area (Å²) in [5.41, 5.74) is 7.41. The maximum absolute atomic E-state index is 12.2. The fourth-order valence-electron chi connectivity index (χ4n) is 1.92. The Hall–Kier alpha value is -2.34. The number of nitrogen functional groups attached to an aromatic ring is 1. The largest absolute Gasteiger partial charge is 0.467 e. The lowest BCUT2D eigenvalue weighted by Gasteiger charge is -2.01. The quantitative estimate of drug-likeness (QED) is 0.776. The highest BCUT2D eigenvalue weighted by Crippen LogP contribution is 2.32. The molecule has 0 saturated carbocycles. The van der Waals surface area contributed by atoms with E-state index in [4.69, 9.17) is 10.2 Å². The molecule has 3 heterocycles. The first kappa shape index (κ1) is 12.7. The number of carbonyl (C=O) groups is 1. The van der Waals surface area contributed by atoms with Gasteiger partial charge in [-0.1, -0.05) is 0 Å². The van der Waals surface area contributed by atoms with Gasteiger partial charge in [-0.25, -0.2) is 4.98 Å². The molecule has 20 heavy (non-hydrogen) atoms. The van der Waals surface area contributed by atoms with Crippen LogP contribution in [0.2, 0.25) is 0 Å². The molecule has 0 unspecified atom stereocenters. The first-order chi connectivity index (χ1) is 9.65. The van der Waals surface area contributed by atoms with E-state index < -0.39 is 0 Å². The summed E-state index contributed by atoms with van der Waals surface area (Å²) in [6.45, 7) is 2.25. The van der Waals surface area contributed by atoms with Gasteiger partial charge in [0.25, 0.3) is 5.91 Å². The molecule has 3 aromatic rings. The van der Waals surface area contributed by atoms with Crippen molar-refractivity contribution in [2.75, 3.05) is 5.73 Å². The van der Waals surface area contributed by atoms with Gasteiger partial charge >= 0.3 is 0 Å². The molecular formula is C14H13N3O2S. The van der Waals surface area contributed by atoms with Crippen LogP contribution in [0.3, 0.4) is 0 Å². The summed E-state index contributed by atoms with van der Waals surface area (Å²) in [7, 11) is 0. The minimum Gasteiger partial charge on any atom is -0.467 e. The predicted octanol–water partition coefficient (Wildman–Crippen LogP) is 2.71. The van der Waals surface area contributed by atoms with Crippen LogP contribution in [0.15, 0.2) is 34.9 Å². The predicted molar refractivity (Wildman–Crippen MR) is 78.6 cm³/mol. The maximum atomic E-state index is 12.2. The zero-order chi connectivity index (χ0) is 14.1. The van der Waals surface area contributed by atoms with E-state index in [2.05, 4.69) is 10.3 Å². The lowest BCUT2D eigenvalue weighted by molar-refractivity contribution is 0.0953. The van der Waals surface area contributed by atoms with Crippen molar-refractivity contribution >= 4 is 33.1 Å². The average molecular weight is 287 g/mol. The van der Waals surface area contributed by atoms with Gasteiger partial charge in [0.15, 0.2) is 0 Å². The van der Waals surface area contributed by atoms with E-state index in [-0.39, 0.29) is 5.91 Å². The molecule has 0 radical (unpaired) electrons. The van der Waals surface area contributed by atoms with E-state index >= 15 is 0 Å². The minimum absolute atomic E-state index is 0.209. The van der Waals surface area contributed by atoms with Crippen LogP contribution in [0, 0.1) is 6.92 Å². The molecule has 0 aliphatic rings. The zero-order valence-corrected chi connectivity index (χ0v) is 11.7. The number of nitrogens with one attached hydrogen (secondary N) is 1. The number of nitrogens with zero attached hydrogens (tertiary/aromatic N) is 1. The summed E-state index contributed by atoms with van der Waals surface area (Å²) in [6, 6.07) is 7.37. The van der Waals surface area contributed by atoms with Crippen LogP contribution in [-0.4, -0.2) is 10.9 Å². The zero-order valence-electron chi connectivity index (χ0n) is 10.8. The molecule has 102 valence electrons. The van der Waals surface area contributed by atoms with Gasteiger partial charge < -0.3 is 15.5 Å². The van der Waals surface area contributed by atoms with Gasteiger partial charge in [0.1, 0.15) is 15.5 Å². The molecule has 0 atom stereocenters. The van der Waals surface area contributed by atoms with Crippen LogP contribution in [-0.2, 0) is 6.54 Å². The average Bonchev–Trinajstić information content (AvgIpc) is 3.04. The molecule has 5 nitrogen and oxygen atoms in total. The number of amides is 1. The van der Waals surface area contributed by atoms with E-state index in [1.165, 1.54) is 11.3 Å². The molecule has 0 saturated heterocycles. The third-order valence-corrected chi connectivity index (χ3v) is 4.06. The monoisotopic (exact) mass is 287 g/mol. The first-order valence-corrected chi connectivity index (χ1v) is 6.93. The molecule has 0 aromatic carbocycles. The lowest BCUT2D eigenvalue weighted by atomic mass is 10.2. The number of fused-ring (bicyclic) bond motifs is 1. The number of hydrogen-bond donors (Lipinski definition) is 2. The molecule has 3 aromatic heterocycles. The Balaban J connectivity index is 1.85. The fraction of sp³-hybridized carbons (Fsp3) is 0.143. The van der Waals surface area contributed by atoms with Gasteiger partial charge in [-0.3, -0.25) is 4.79 Å².